The van der Waals surface area contributed by atoms with Gasteiger partial charge < -0.3 is 21.1 Å². The molecule has 0 spiro atoms. The summed E-state index contributed by atoms with van der Waals surface area (Å²) in [5, 5.41) is 32.0. The number of hydrogen-bond donors (Lipinski definition) is 4. The van der Waals surface area contributed by atoms with Crippen molar-refractivity contribution in [1.82, 2.24) is 0 Å². The Morgan fingerprint density at radius 2 is 1.76 bits per heavy atom. The highest BCUT2D eigenvalue weighted by atomic mass is 35.5. The largest absolute Gasteiger partial charge is 0.504 e. The maximum atomic E-state index is 9.66. The molecule has 0 aliphatic rings. The summed E-state index contributed by atoms with van der Waals surface area (Å²) in [6.45, 7) is 0. The van der Waals surface area contributed by atoms with E-state index in [9.17, 15) is 15.3 Å². The number of hydrogen-bond acceptors (Lipinski definition) is 5. The molecule has 0 unspecified atom stereocenters. The predicted molar refractivity (Wildman–Crippen MR) is 69.0 cm³/mol. The minimum atomic E-state index is -0.539. The van der Waals surface area contributed by atoms with Gasteiger partial charge in [0.25, 0.3) is 0 Å². The van der Waals surface area contributed by atoms with Gasteiger partial charge in [0.1, 0.15) is 0 Å². The molecule has 0 saturated heterocycles. The number of halogens is 1. The van der Waals surface area contributed by atoms with Crippen LogP contribution in [0.15, 0.2) is 29.0 Å². The number of phenolic OH excluding ortho intramolecular Hbond substituents is 3. The molecule has 1 aromatic heterocycles. The van der Waals surface area contributed by atoms with Gasteiger partial charge >= 0.3 is 0 Å². The Hall–Kier alpha value is -1.43. The summed E-state index contributed by atoms with van der Waals surface area (Å²) >= 11 is 1.50. The lowest BCUT2D eigenvalue weighted by Gasteiger charge is -2.13. The lowest BCUT2D eigenvalue weighted by atomic mass is 10.0. The molecule has 1 atom stereocenters. The first kappa shape index (κ1) is 13.6. The van der Waals surface area contributed by atoms with E-state index >= 15 is 0 Å². The molecule has 6 heteroatoms. The molecule has 0 bridgehead atoms. The molecule has 0 radical (unpaired) electrons. The van der Waals surface area contributed by atoms with Crippen LogP contribution in [0.5, 0.6) is 17.2 Å². The molecular weight excluding hydrogens is 262 g/mol. The molecule has 1 heterocycles. The lowest BCUT2D eigenvalue weighted by Crippen LogP contribution is -2.10. The van der Waals surface area contributed by atoms with Crippen molar-refractivity contribution in [2.24, 2.45) is 5.73 Å². The number of benzene rings is 1. The van der Waals surface area contributed by atoms with Crippen molar-refractivity contribution in [3.63, 3.8) is 0 Å². The first-order valence-electron chi connectivity index (χ1n) is 4.62. The Balaban J connectivity index is 0.00000144. The molecule has 2 rings (SSSR count). The maximum absolute atomic E-state index is 9.66. The summed E-state index contributed by atoms with van der Waals surface area (Å²) in [6.07, 6.45) is 0. The zero-order chi connectivity index (χ0) is 11.7. The Bertz CT molecular complexity index is 502. The number of aromatic hydroxyl groups is 3. The van der Waals surface area contributed by atoms with E-state index in [1.807, 2.05) is 16.8 Å². The quantitative estimate of drug-likeness (QED) is 0.633. The van der Waals surface area contributed by atoms with E-state index in [4.69, 9.17) is 5.73 Å². The topological polar surface area (TPSA) is 86.7 Å². The normalized spacial score (nSPS) is 11.8. The van der Waals surface area contributed by atoms with Gasteiger partial charge in [-0.15, -0.1) is 12.4 Å². The van der Waals surface area contributed by atoms with Crippen molar-refractivity contribution in [2.45, 2.75) is 6.04 Å². The van der Waals surface area contributed by atoms with E-state index in [2.05, 4.69) is 0 Å². The molecule has 0 amide bonds. The highest BCUT2D eigenvalue weighted by Gasteiger charge is 2.18. The van der Waals surface area contributed by atoms with Gasteiger partial charge in [0.2, 0.25) is 5.75 Å². The van der Waals surface area contributed by atoms with Gasteiger partial charge in [0, 0.05) is 5.56 Å². The summed E-state index contributed by atoms with van der Waals surface area (Å²) in [5.74, 6) is -1.28. The molecule has 92 valence electrons. The second-order valence-corrected chi connectivity index (χ2v) is 4.19. The van der Waals surface area contributed by atoms with Gasteiger partial charge in [-0.3, -0.25) is 0 Å². The fourth-order valence-electron chi connectivity index (χ4n) is 1.47. The minimum absolute atomic E-state index is 0. The zero-order valence-electron chi connectivity index (χ0n) is 8.70. The zero-order valence-corrected chi connectivity index (χ0v) is 10.3. The minimum Gasteiger partial charge on any atom is -0.504 e. The van der Waals surface area contributed by atoms with Crippen LogP contribution in [0.3, 0.4) is 0 Å². The molecular formula is C11H12ClNO3S. The van der Waals surface area contributed by atoms with Gasteiger partial charge in [-0.2, -0.15) is 11.3 Å². The Morgan fingerprint density at radius 1 is 1.06 bits per heavy atom. The first-order chi connectivity index (χ1) is 7.61. The summed E-state index contributed by atoms with van der Waals surface area (Å²) in [5.41, 5.74) is 7.17. The summed E-state index contributed by atoms with van der Waals surface area (Å²) < 4.78 is 0. The fourth-order valence-corrected chi connectivity index (χ4v) is 2.16. The molecule has 0 aliphatic heterocycles. The van der Waals surface area contributed by atoms with E-state index in [0.717, 1.165) is 5.56 Å². The third kappa shape index (κ3) is 2.46. The third-order valence-electron chi connectivity index (χ3n) is 2.40. The van der Waals surface area contributed by atoms with Gasteiger partial charge in [0.15, 0.2) is 11.5 Å². The van der Waals surface area contributed by atoms with Crippen LogP contribution in [0.2, 0.25) is 0 Å². The van der Waals surface area contributed by atoms with Gasteiger partial charge in [0.05, 0.1) is 6.04 Å². The van der Waals surface area contributed by atoms with Crippen molar-refractivity contribution >= 4 is 23.7 Å². The molecule has 4 nitrogen and oxygen atoms in total. The van der Waals surface area contributed by atoms with Gasteiger partial charge in [-0.1, -0.05) is 0 Å². The van der Waals surface area contributed by atoms with Crippen LogP contribution < -0.4 is 5.73 Å². The molecule has 0 fully saturated rings. The van der Waals surface area contributed by atoms with E-state index in [-0.39, 0.29) is 23.9 Å². The Labute approximate surface area is 108 Å². The van der Waals surface area contributed by atoms with E-state index in [1.54, 1.807) is 0 Å². The van der Waals surface area contributed by atoms with Gasteiger partial charge in [-0.25, -0.2) is 0 Å². The average molecular weight is 274 g/mol. The van der Waals surface area contributed by atoms with Crippen LogP contribution in [-0.4, -0.2) is 15.3 Å². The standard InChI is InChI=1S/C11H11NO3S.ClH/c12-9(6-3-4-16-5-6)7-1-2-8(13)11(15)10(7)14;/h1-5,9,13-15H,12H2;1H/t9-;/m0./s1. The monoisotopic (exact) mass is 273 g/mol. The van der Waals surface area contributed by atoms with Crippen molar-refractivity contribution in [3.05, 3.63) is 40.1 Å². The first-order valence-corrected chi connectivity index (χ1v) is 5.57. The van der Waals surface area contributed by atoms with Crippen molar-refractivity contribution in [3.8, 4) is 17.2 Å². The molecule has 5 N–H and O–H groups in total. The molecule has 0 aliphatic carbocycles. The second kappa shape index (κ2) is 5.27. The van der Waals surface area contributed by atoms with E-state index < -0.39 is 11.8 Å². The molecule has 17 heavy (non-hydrogen) atoms. The number of thiophene rings is 1. The van der Waals surface area contributed by atoms with Crippen molar-refractivity contribution in [1.29, 1.82) is 0 Å². The third-order valence-corrected chi connectivity index (χ3v) is 3.10. The average Bonchev–Trinajstić information content (AvgIpc) is 2.79. The Morgan fingerprint density at radius 3 is 2.35 bits per heavy atom. The summed E-state index contributed by atoms with van der Waals surface area (Å²) in [6, 6.07) is 4.12. The summed E-state index contributed by atoms with van der Waals surface area (Å²) in [7, 11) is 0. The predicted octanol–water partition coefficient (Wildman–Crippen LogP) is 2.33. The molecule has 1 aromatic carbocycles. The smallest absolute Gasteiger partial charge is 0.200 e. The number of nitrogens with two attached hydrogens (primary N) is 1. The van der Waals surface area contributed by atoms with Crippen LogP contribution in [0.25, 0.3) is 0 Å². The highest BCUT2D eigenvalue weighted by Crippen LogP contribution is 2.40. The SMILES string of the molecule is Cl.N[C@@H](c1ccsc1)c1ccc(O)c(O)c1O. The molecule has 2 aromatic rings. The van der Waals surface area contributed by atoms with Crippen LogP contribution in [0.4, 0.5) is 0 Å². The number of rotatable bonds is 2. The second-order valence-electron chi connectivity index (χ2n) is 3.41. The lowest BCUT2D eigenvalue weighted by molar-refractivity contribution is 0.364. The van der Waals surface area contributed by atoms with Crippen LogP contribution in [0.1, 0.15) is 17.2 Å². The number of phenols is 3. The van der Waals surface area contributed by atoms with Gasteiger partial charge in [-0.05, 0) is 34.5 Å². The van der Waals surface area contributed by atoms with Crippen molar-refractivity contribution in [2.75, 3.05) is 0 Å². The highest BCUT2D eigenvalue weighted by molar-refractivity contribution is 7.08. The maximum Gasteiger partial charge on any atom is 0.200 e. The fraction of sp³-hybridized carbons (Fsp3) is 0.0909. The van der Waals surface area contributed by atoms with Crippen LogP contribution >= 0.6 is 23.7 Å². The van der Waals surface area contributed by atoms with Crippen molar-refractivity contribution < 1.29 is 15.3 Å². The summed E-state index contributed by atoms with van der Waals surface area (Å²) in [4.78, 5) is 0. The van der Waals surface area contributed by atoms with E-state index in [1.165, 1.54) is 23.5 Å². The molecule has 0 saturated carbocycles. The Kier molecular flexibility index (Phi) is 4.22. The van der Waals surface area contributed by atoms with Crippen LogP contribution in [0, 0.1) is 0 Å². The van der Waals surface area contributed by atoms with E-state index in [0.29, 0.717) is 5.56 Å². The van der Waals surface area contributed by atoms with Crippen LogP contribution in [-0.2, 0) is 0 Å².